The van der Waals surface area contributed by atoms with E-state index < -0.39 is 6.04 Å². The molecule has 1 fully saturated rings. The van der Waals surface area contributed by atoms with Crippen molar-refractivity contribution in [1.29, 1.82) is 0 Å². The molecule has 102 valence electrons. The van der Waals surface area contributed by atoms with Crippen LogP contribution >= 0.6 is 11.6 Å². The summed E-state index contributed by atoms with van der Waals surface area (Å²) in [6, 6.07) is 16.9. The second kappa shape index (κ2) is 5.27. The Labute approximate surface area is 123 Å². The molecule has 0 bridgehead atoms. The van der Waals surface area contributed by atoms with E-state index in [0.29, 0.717) is 11.6 Å². The number of benzene rings is 2. The smallest absolute Gasteiger partial charge is 0.242 e. The number of hydrogen-bond donors (Lipinski definition) is 1. The van der Waals surface area contributed by atoms with Crippen LogP contribution in [-0.4, -0.2) is 16.8 Å². The Morgan fingerprint density at radius 3 is 2.55 bits per heavy atom. The zero-order chi connectivity index (χ0) is 14.1. The van der Waals surface area contributed by atoms with Gasteiger partial charge in [-0.2, -0.15) is 0 Å². The first-order valence-electron chi connectivity index (χ1n) is 6.52. The quantitative estimate of drug-likeness (QED) is 0.882. The van der Waals surface area contributed by atoms with Gasteiger partial charge in [-0.3, -0.25) is 4.79 Å². The molecule has 4 heteroatoms. The average molecular weight is 287 g/mol. The van der Waals surface area contributed by atoms with Gasteiger partial charge in [0.2, 0.25) is 5.91 Å². The van der Waals surface area contributed by atoms with E-state index >= 15 is 0 Å². The van der Waals surface area contributed by atoms with E-state index in [9.17, 15) is 4.79 Å². The van der Waals surface area contributed by atoms with E-state index in [0.717, 1.165) is 11.1 Å². The summed E-state index contributed by atoms with van der Waals surface area (Å²) in [4.78, 5) is 13.8. The van der Waals surface area contributed by atoms with Crippen LogP contribution in [0.3, 0.4) is 0 Å². The van der Waals surface area contributed by atoms with Crippen molar-refractivity contribution < 1.29 is 4.79 Å². The lowest BCUT2D eigenvalue weighted by atomic mass is 9.88. The lowest BCUT2D eigenvalue weighted by Crippen LogP contribution is -2.62. The molecular weight excluding hydrogens is 272 g/mol. The van der Waals surface area contributed by atoms with Crippen molar-refractivity contribution in [3.8, 4) is 0 Å². The molecule has 1 aliphatic rings. The third-order valence-electron chi connectivity index (χ3n) is 3.63. The van der Waals surface area contributed by atoms with Gasteiger partial charge in [-0.1, -0.05) is 54.1 Å². The maximum atomic E-state index is 12.0. The maximum Gasteiger partial charge on any atom is 0.242 e. The molecule has 2 atom stereocenters. The molecule has 20 heavy (non-hydrogen) atoms. The van der Waals surface area contributed by atoms with Gasteiger partial charge in [0.25, 0.3) is 0 Å². The zero-order valence-electron chi connectivity index (χ0n) is 10.9. The number of likely N-dealkylation sites (tertiary alicyclic amines) is 1. The molecule has 2 N–H and O–H groups in total. The summed E-state index contributed by atoms with van der Waals surface area (Å²) < 4.78 is 0. The predicted molar refractivity (Wildman–Crippen MR) is 79.2 cm³/mol. The third-order valence-corrected chi connectivity index (χ3v) is 3.87. The Hall–Kier alpha value is -1.84. The highest BCUT2D eigenvalue weighted by atomic mass is 35.5. The Bertz CT molecular complexity index is 629. The minimum Gasteiger partial charge on any atom is -0.328 e. The number of carbonyl (C=O) groups is 1. The number of hydrogen-bond acceptors (Lipinski definition) is 2. The van der Waals surface area contributed by atoms with Crippen LogP contribution in [0.5, 0.6) is 0 Å². The summed E-state index contributed by atoms with van der Waals surface area (Å²) in [6.45, 7) is 0.574. The van der Waals surface area contributed by atoms with E-state index in [1.54, 1.807) is 4.90 Å². The molecule has 1 amide bonds. The van der Waals surface area contributed by atoms with Crippen LogP contribution in [0, 0.1) is 0 Å². The van der Waals surface area contributed by atoms with Crippen molar-refractivity contribution in [2.75, 3.05) is 0 Å². The fourth-order valence-corrected chi connectivity index (χ4v) is 2.81. The summed E-state index contributed by atoms with van der Waals surface area (Å²) in [5, 5.41) is 0.661. The fraction of sp³-hybridized carbons (Fsp3) is 0.188. The summed E-state index contributed by atoms with van der Waals surface area (Å²) >= 11 is 6.02. The Balaban J connectivity index is 1.84. The standard InChI is InChI=1S/C16H15ClN2O/c17-13-8-4-7-12(9-13)15-14(18)16(20)19(15)10-11-5-2-1-3-6-11/h1-9,14-15H,10,18H2/t14-,15+/m1/s1. The summed E-state index contributed by atoms with van der Waals surface area (Å²) in [7, 11) is 0. The number of amides is 1. The molecule has 1 heterocycles. The van der Waals surface area contributed by atoms with Crippen LogP contribution in [0.2, 0.25) is 5.02 Å². The SMILES string of the molecule is N[C@H]1C(=O)N(Cc2ccccc2)[C@H]1c1cccc(Cl)c1. The molecule has 3 nitrogen and oxygen atoms in total. The van der Waals surface area contributed by atoms with Gasteiger partial charge >= 0.3 is 0 Å². The van der Waals surface area contributed by atoms with Crippen molar-refractivity contribution in [2.24, 2.45) is 5.73 Å². The van der Waals surface area contributed by atoms with Crippen molar-refractivity contribution in [2.45, 2.75) is 18.6 Å². The van der Waals surface area contributed by atoms with E-state index in [1.807, 2.05) is 54.6 Å². The number of β-lactam (4-membered cyclic amide) rings is 1. The number of nitrogens with zero attached hydrogens (tertiary/aromatic N) is 1. The van der Waals surface area contributed by atoms with Crippen LogP contribution < -0.4 is 5.73 Å². The van der Waals surface area contributed by atoms with Crippen molar-refractivity contribution in [1.82, 2.24) is 4.90 Å². The highest BCUT2D eigenvalue weighted by Crippen LogP contribution is 2.35. The number of carbonyl (C=O) groups excluding carboxylic acids is 1. The van der Waals surface area contributed by atoms with Crippen LogP contribution in [-0.2, 0) is 11.3 Å². The first kappa shape index (κ1) is 13.2. The minimum absolute atomic E-state index is 0.0150. The van der Waals surface area contributed by atoms with Crippen molar-refractivity contribution >= 4 is 17.5 Å². The van der Waals surface area contributed by atoms with Gasteiger partial charge in [-0.25, -0.2) is 0 Å². The van der Waals surface area contributed by atoms with Crippen LogP contribution in [0.1, 0.15) is 17.2 Å². The van der Waals surface area contributed by atoms with Gasteiger partial charge in [0.05, 0.1) is 6.04 Å². The predicted octanol–water partition coefficient (Wildman–Crippen LogP) is 2.75. The van der Waals surface area contributed by atoms with Crippen LogP contribution in [0.15, 0.2) is 54.6 Å². The third kappa shape index (κ3) is 2.30. The van der Waals surface area contributed by atoms with Crippen LogP contribution in [0.4, 0.5) is 0 Å². The molecule has 2 aromatic rings. The van der Waals surface area contributed by atoms with Crippen molar-refractivity contribution in [3.05, 3.63) is 70.7 Å². The number of nitrogens with two attached hydrogens (primary N) is 1. The summed E-state index contributed by atoms with van der Waals surface area (Å²) in [5.41, 5.74) is 8.04. The molecule has 0 spiro atoms. The molecule has 1 aliphatic heterocycles. The highest BCUT2D eigenvalue weighted by molar-refractivity contribution is 6.30. The Kier molecular flexibility index (Phi) is 3.47. The first-order valence-corrected chi connectivity index (χ1v) is 6.90. The highest BCUT2D eigenvalue weighted by Gasteiger charge is 2.45. The van der Waals surface area contributed by atoms with Gasteiger partial charge in [0.1, 0.15) is 6.04 Å². The second-order valence-corrected chi connectivity index (χ2v) is 5.41. The fourth-order valence-electron chi connectivity index (χ4n) is 2.61. The molecule has 0 radical (unpaired) electrons. The second-order valence-electron chi connectivity index (χ2n) is 4.98. The Morgan fingerprint density at radius 1 is 1.10 bits per heavy atom. The molecule has 0 saturated carbocycles. The van der Waals surface area contributed by atoms with E-state index in [1.165, 1.54) is 0 Å². The van der Waals surface area contributed by atoms with E-state index in [-0.39, 0.29) is 11.9 Å². The molecular formula is C16H15ClN2O. The molecule has 0 unspecified atom stereocenters. The molecule has 2 aromatic carbocycles. The molecule has 1 saturated heterocycles. The maximum absolute atomic E-state index is 12.0. The van der Waals surface area contributed by atoms with Crippen LogP contribution in [0.25, 0.3) is 0 Å². The van der Waals surface area contributed by atoms with Gasteiger partial charge in [-0.05, 0) is 23.3 Å². The first-order chi connectivity index (χ1) is 9.66. The molecule has 0 aliphatic carbocycles. The average Bonchev–Trinajstić information content (AvgIpc) is 2.47. The summed E-state index contributed by atoms with van der Waals surface area (Å²) in [5.74, 6) is -0.0150. The Morgan fingerprint density at radius 2 is 1.85 bits per heavy atom. The van der Waals surface area contributed by atoms with E-state index in [2.05, 4.69) is 0 Å². The van der Waals surface area contributed by atoms with Gasteiger partial charge < -0.3 is 10.6 Å². The largest absolute Gasteiger partial charge is 0.328 e. The van der Waals surface area contributed by atoms with Crippen molar-refractivity contribution in [3.63, 3.8) is 0 Å². The molecule has 3 rings (SSSR count). The zero-order valence-corrected chi connectivity index (χ0v) is 11.6. The van der Waals surface area contributed by atoms with E-state index in [4.69, 9.17) is 17.3 Å². The van der Waals surface area contributed by atoms with Gasteiger partial charge in [0, 0.05) is 11.6 Å². The lowest BCUT2D eigenvalue weighted by Gasteiger charge is -2.45. The monoisotopic (exact) mass is 286 g/mol. The normalized spacial score (nSPS) is 21.7. The number of rotatable bonds is 3. The minimum atomic E-state index is -0.475. The van der Waals surface area contributed by atoms with Gasteiger partial charge in [0.15, 0.2) is 0 Å². The summed E-state index contributed by atoms with van der Waals surface area (Å²) in [6.07, 6.45) is 0. The number of halogens is 1. The topological polar surface area (TPSA) is 46.3 Å². The molecule has 0 aromatic heterocycles. The van der Waals surface area contributed by atoms with Gasteiger partial charge in [-0.15, -0.1) is 0 Å². The lowest BCUT2D eigenvalue weighted by molar-refractivity contribution is -0.150.